The molecule has 1 saturated heterocycles. The SMILES string of the molecule is CC[C@@H](C(=O)OC(C)(C)C)N1C(=O)[C@@](C)(CC(N)=O)C[C@H](c2cccc(Cl)c2)C1c1ccc(Cl)cc1. The maximum absolute atomic E-state index is 14.2. The number of hydrogen-bond acceptors (Lipinski definition) is 4. The maximum Gasteiger partial charge on any atom is 0.329 e. The molecule has 2 N–H and O–H groups in total. The van der Waals surface area contributed by atoms with Crippen molar-refractivity contribution >= 4 is 41.0 Å². The second kappa shape index (κ2) is 10.8. The second-order valence-electron chi connectivity index (χ2n) is 10.7. The highest BCUT2D eigenvalue weighted by Crippen LogP contribution is 2.52. The fourth-order valence-electron chi connectivity index (χ4n) is 5.12. The molecule has 0 bridgehead atoms. The minimum atomic E-state index is -1.11. The summed E-state index contributed by atoms with van der Waals surface area (Å²) in [6, 6.07) is 13.3. The van der Waals surface area contributed by atoms with Gasteiger partial charge in [0.05, 0.1) is 11.5 Å². The fourth-order valence-corrected chi connectivity index (χ4v) is 5.45. The lowest BCUT2D eigenvalue weighted by Crippen LogP contribution is -2.58. The average molecular weight is 533 g/mol. The Hall–Kier alpha value is -2.57. The third-order valence-corrected chi connectivity index (χ3v) is 7.04. The van der Waals surface area contributed by atoms with Gasteiger partial charge >= 0.3 is 5.97 Å². The van der Waals surface area contributed by atoms with Gasteiger partial charge in [0.15, 0.2) is 0 Å². The Balaban J connectivity index is 2.25. The maximum atomic E-state index is 14.2. The van der Waals surface area contributed by atoms with Gasteiger partial charge in [0.1, 0.15) is 11.6 Å². The molecular formula is C28H34Cl2N2O4. The van der Waals surface area contributed by atoms with Gasteiger partial charge in [-0.1, -0.05) is 61.3 Å². The monoisotopic (exact) mass is 532 g/mol. The number of likely N-dealkylation sites (tertiary alicyclic amines) is 1. The number of ether oxygens (including phenoxy) is 1. The summed E-state index contributed by atoms with van der Waals surface area (Å²) >= 11 is 12.5. The van der Waals surface area contributed by atoms with E-state index in [9.17, 15) is 14.4 Å². The van der Waals surface area contributed by atoms with Crippen LogP contribution in [0.1, 0.15) is 77.0 Å². The van der Waals surface area contributed by atoms with Gasteiger partial charge in [0.25, 0.3) is 0 Å². The molecule has 36 heavy (non-hydrogen) atoms. The largest absolute Gasteiger partial charge is 0.458 e. The summed E-state index contributed by atoms with van der Waals surface area (Å²) in [5.41, 5.74) is 5.47. The first-order valence-corrected chi connectivity index (χ1v) is 12.9. The number of carbonyl (C=O) groups excluding carboxylic acids is 3. The van der Waals surface area contributed by atoms with E-state index in [-0.39, 0.29) is 18.2 Å². The van der Waals surface area contributed by atoms with Gasteiger partial charge in [0, 0.05) is 22.4 Å². The number of hydrogen-bond donors (Lipinski definition) is 1. The molecule has 2 amide bonds. The first kappa shape index (κ1) is 28.0. The van der Waals surface area contributed by atoms with Crippen molar-refractivity contribution in [3.05, 3.63) is 69.7 Å². The first-order valence-electron chi connectivity index (χ1n) is 12.1. The van der Waals surface area contributed by atoms with E-state index in [0.29, 0.717) is 22.9 Å². The number of carbonyl (C=O) groups is 3. The van der Waals surface area contributed by atoms with E-state index in [1.54, 1.807) is 50.8 Å². The Morgan fingerprint density at radius 2 is 1.75 bits per heavy atom. The van der Waals surface area contributed by atoms with Crippen LogP contribution in [0, 0.1) is 5.41 Å². The Labute approximate surface area is 223 Å². The minimum absolute atomic E-state index is 0.141. The molecule has 1 heterocycles. The Kier molecular flexibility index (Phi) is 8.41. The summed E-state index contributed by atoms with van der Waals surface area (Å²) in [5.74, 6) is -1.66. The number of rotatable bonds is 7. The van der Waals surface area contributed by atoms with E-state index in [4.69, 9.17) is 33.7 Å². The van der Waals surface area contributed by atoms with Crippen molar-refractivity contribution < 1.29 is 19.1 Å². The van der Waals surface area contributed by atoms with Gasteiger partial charge < -0.3 is 15.4 Å². The molecule has 3 rings (SSSR count). The van der Waals surface area contributed by atoms with Gasteiger partial charge in [-0.25, -0.2) is 4.79 Å². The van der Waals surface area contributed by atoms with E-state index >= 15 is 0 Å². The zero-order valence-corrected chi connectivity index (χ0v) is 22.9. The van der Waals surface area contributed by atoms with Crippen LogP contribution in [0.15, 0.2) is 48.5 Å². The van der Waals surface area contributed by atoms with Crippen LogP contribution in [-0.4, -0.2) is 34.3 Å². The number of primary amides is 1. The van der Waals surface area contributed by atoms with Gasteiger partial charge in [-0.05, 0) is 69.0 Å². The van der Waals surface area contributed by atoms with E-state index in [1.807, 2.05) is 37.3 Å². The lowest BCUT2D eigenvalue weighted by atomic mass is 9.67. The molecule has 6 nitrogen and oxygen atoms in total. The summed E-state index contributed by atoms with van der Waals surface area (Å²) in [6.07, 6.45) is 0.542. The van der Waals surface area contributed by atoms with Gasteiger partial charge in [-0.2, -0.15) is 0 Å². The van der Waals surface area contributed by atoms with Gasteiger partial charge in [0.2, 0.25) is 11.8 Å². The third kappa shape index (κ3) is 6.22. The highest BCUT2D eigenvalue weighted by atomic mass is 35.5. The summed E-state index contributed by atoms with van der Waals surface area (Å²) in [4.78, 5) is 41.4. The van der Waals surface area contributed by atoms with Crippen LogP contribution in [0.3, 0.4) is 0 Å². The van der Waals surface area contributed by atoms with Gasteiger partial charge in [-0.15, -0.1) is 0 Å². The normalized spacial score (nSPS) is 23.3. The quantitative estimate of drug-likeness (QED) is 0.439. The number of piperidine rings is 1. The summed E-state index contributed by atoms with van der Waals surface area (Å²) in [6.45, 7) is 8.95. The smallest absolute Gasteiger partial charge is 0.329 e. The lowest BCUT2D eigenvalue weighted by Gasteiger charge is -2.51. The molecule has 194 valence electrons. The molecule has 1 fully saturated rings. The Morgan fingerprint density at radius 3 is 2.28 bits per heavy atom. The number of amides is 2. The molecule has 2 aromatic rings. The van der Waals surface area contributed by atoms with Crippen molar-refractivity contribution in [2.75, 3.05) is 0 Å². The van der Waals surface area contributed by atoms with E-state index < -0.39 is 35.0 Å². The van der Waals surface area contributed by atoms with Crippen molar-refractivity contribution in [2.45, 2.75) is 77.5 Å². The summed E-state index contributed by atoms with van der Waals surface area (Å²) in [7, 11) is 0. The highest BCUT2D eigenvalue weighted by Gasteiger charge is 2.53. The molecule has 0 saturated carbocycles. The van der Waals surface area contributed by atoms with E-state index in [0.717, 1.165) is 11.1 Å². The minimum Gasteiger partial charge on any atom is -0.458 e. The standard InChI is InChI=1S/C28H34Cl2N2O4/c1-6-22(25(34)36-27(2,3)4)32-24(17-10-12-19(29)13-11-17)21(18-8-7-9-20(30)14-18)15-28(5,26(32)35)16-23(31)33/h7-14,21-22,24H,6,15-16H2,1-5H3,(H2,31,33)/t21-,22+,24?,28-/m1/s1. The van der Waals surface area contributed by atoms with Crippen LogP contribution in [0.4, 0.5) is 0 Å². The first-order chi connectivity index (χ1) is 16.8. The van der Waals surface area contributed by atoms with Crippen molar-refractivity contribution in [3.63, 3.8) is 0 Å². The van der Waals surface area contributed by atoms with E-state index in [1.165, 1.54) is 0 Å². The molecule has 2 aromatic carbocycles. The number of benzene rings is 2. The van der Waals surface area contributed by atoms with Crippen LogP contribution in [-0.2, 0) is 19.1 Å². The molecule has 0 radical (unpaired) electrons. The molecule has 1 aliphatic heterocycles. The van der Waals surface area contributed by atoms with Crippen LogP contribution in [0.25, 0.3) is 0 Å². The summed E-state index contributed by atoms with van der Waals surface area (Å²) in [5, 5.41) is 1.12. The van der Waals surface area contributed by atoms with Crippen molar-refractivity contribution in [2.24, 2.45) is 11.1 Å². The molecule has 0 aliphatic carbocycles. The van der Waals surface area contributed by atoms with E-state index in [2.05, 4.69) is 0 Å². The summed E-state index contributed by atoms with van der Waals surface area (Å²) < 4.78 is 5.74. The number of esters is 1. The highest BCUT2D eigenvalue weighted by molar-refractivity contribution is 6.30. The second-order valence-corrected chi connectivity index (χ2v) is 11.6. The van der Waals surface area contributed by atoms with Crippen LogP contribution in [0.2, 0.25) is 10.0 Å². The van der Waals surface area contributed by atoms with Gasteiger partial charge in [-0.3, -0.25) is 9.59 Å². The zero-order chi connectivity index (χ0) is 26.8. The molecular weight excluding hydrogens is 499 g/mol. The Bertz CT molecular complexity index is 1130. The predicted octanol–water partition coefficient (Wildman–Crippen LogP) is 6.05. The molecule has 0 aromatic heterocycles. The van der Waals surface area contributed by atoms with Crippen molar-refractivity contribution in [1.82, 2.24) is 4.90 Å². The molecule has 8 heteroatoms. The molecule has 1 aliphatic rings. The van der Waals surface area contributed by atoms with Crippen LogP contribution >= 0.6 is 23.2 Å². The molecule has 0 spiro atoms. The predicted molar refractivity (Wildman–Crippen MR) is 142 cm³/mol. The fraction of sp³-hybridized carbons (Fsp3) is 0.464. The lowest BCUT2D eigenvalue weighted by molar-refractivity contribution is -0.174. The third-order valence-electron chi connectivity index (χ3n) is 6.56. The van der Waals surface area contributed by atoms with Crippen molar-refractivity contribution in [3.8, 4) is 0 Å². The Morgan fingerprint density at radius 1 is 1.11 bits per heavy atom. The van der Waals surface area contributed by atoms with Crippen molar-refractivity contribution in [1.29, 1.82) is 0 Å². The van der Waals surface area contributed by atoms with Crippen LogP contribution < -0.4 is 5.73 Å². The average Bonchev–Trinajstić information content (AvgIpc) is 2.76. The number of halogens is 2. The number of nitrogens with zero attached hydrogens (tertiary/aromatic N) is 1. The molecule has 1 unspecified atom stereocenters. The van der Waals surface area contributed by atoms with Crippen LogP contribution in [0.5, 0.6) is 0 Å². The topological polar surface area (TPSA) is 89.7 Å². The molecule has 4 atom stereocenters. The number of nitrogens with two attached hydrogens (primary N) is 1. The zero-order valence-electron chi connectivity index (χ0n) is 21.4.